The molecule has 0 radical (unpaired) electrons. The average molecular weight is 451 g/mol. The van der Waals surface area contributed by atoms with E-state index in [0.717, 1.165) is 18.7 Å². The molecule has 0 aliphatic carbocycles. The number of benzene rings is 2. The first kappa shape index (κ1) is 22.7. The number of alkyl halides is 3. The van der Waals surface area contributed by atoms with E-state index in [1.807, 2.05) is 14.1 Å². The van der Waals surface area contributed by atoms with E-state index < -0.39 is 11.7 Å². The standard InChI is InChI=1S/C21H22F3N5OS/c1-28(2)10-11-29(13-18-26-17-9-4-3-8-16(17)19(30)27-18)20(31)25-15-7-5-6-14(12-15)21(22,23)24/h3-9,12H,10-11,13H2,1-2H3,(H,25,31)(H,26,27,30)/p+1. The molecule has 0 unspecified atom stereocenters. The van der Waals surface area contributed by atoms with Gasteiger partial charge in [-0.25, -0.2) is 4.98 Å². The molecule has 0 aliphatic rings. The summed E-state index contributed by atoms with van der Waals surface area (Å²) in [7, 11) is 3.97. The lowest BCUT2D eigenvalue weighted by Gasteiger charge is -2.26. The van der Waals surface area contributed by atoms with Crippen LogP contribution in [0.5, 0.6) is 0 Å². The van der Waals surface area contributed by atoms with Crippen molar-refractivity contribution in [2.24, 2.45) is 0 Å². The largest absolute Gasteiger partial charge is 0.416 e. The number of aromatic amines is 1. The molecule has 3 rings (SSSR count). The Morgan fingerprint density at radius 2 is 1.94 bits per heavy atom. The molecular formula is C21H23F3N5OS+. The molecule has 1 heterocycles. The number of halogens is 3. The minimum atomic E-state index is -4.44. The molecule has 2 aromatic carbocycles. The summed E-state index contributed by atoms with van der Waals surface area (Å²) in [5.41, 5.74) is -0.209. The number of aromatic nitrogens is 2. The number of likely N-dealkylation sites (N-methyl/N-ethyl adjacent to an activating group) is 1. The van der Waals surface area contributed by atoms with E-state index in [1.54, 1.807) is 29.2 Å². The number of nitrogens with zero attached hydrogens (tertiary/aromatic N) is 2. The van der Waals surface area contributed by atoms with Crippen LogP contribution in [0.3, 0.4) is 0 Å². The second-order valence-corrected chi connectivity index (χ2v) is 7.80. The normalized spacial score (nSPS) is 11.7. The third-order valence-electron chi connectivity index (χ3n) is 4.61. The number of para-hydroxylation sites is 1. The average Bonchev–Trinajstić information content (AvgIpc) is 2.70. The van der Waals surface area contributed by atoms with Gasteiger partial charge in [-0.3, -0.25) is 4.79 Å². The Kier molecular flexibility index (Phi) is 6.91. The second kappa shape index (κ2) is 9.44. The molecule has 0 saturated heterocycles. The number of anilines is 1. The van der Waals surface area contributed by atoms with E-state index in [9.17, 15) is 18.0 Å². The summed E-state index contributed by atoms with van der Waals surface area (Å²) in [5, 5.41) is 3.61. The van der Waals surface area contributed by atoms with E-state index in [4.69, 9.17) is 12.2 Å². The Bertz CT molecular complexity index is 1130. The molecule has 31 heavy (non-hydrogen) atoms. The fraction of sp³-hybridized carbons (Fsp3) is 0.286. The molecule has 0 bridgehead atoms. The van der Waals surface area contributed by atoms with Crippen LogP contribution in [0.15, 0.2) is 53.3 Å². The Morgan fingerprint density at radius 1 is 1.19 bits per heavy atom. The lowest BCUT2D eigenvalue weighted by atomic mass is 10.2. The third-order valence-corrected chi connectivity index (χ3v) is 4.97. The van der Waals surface area contributed by atoms with Crippen molar-refractivity contribution < 1.29 is 18.1 Å². The van der Waals surface area contributed by atoms with Crippen molar-refractivity contribution in [3.63, 3.8) is 0 Å². The van der Waals surface area contributed by atoms with E-state index in [0.29, 0.717) is 23.3 Å². The zero-order valence-corrected chi connectivity index (χ0v) is 17.9. The lowest BCUT2D eigenvalue weighted by Crippen LogP contribution is -3.06. The fourth-order valence-corrected chi connectivity index (χ4v) is 3.25. The van der Waals surface area contributed by atoms with Gasteiger partial charge in [0.2, 0.25) is 0 Å². The molecule has 0 spiro atoms. The van der Waals surface area contributed by atoms with Crippen LogP contribution in [0.4, 0.5) is 18.9 Å². The predicted octanol–water partition coefficient (Wildman–Crippen LogP) is 2.29. The van der Waals surface area contributed by atoms with Gasteiger partial charge >= 0.3 is 6.18 Å². The highest BCUT2D eigenvalue weighted by Gasteiger charge is 2.30. The van der Waals surface area contributed by atoms with Crippen molar-refractivity contribution in [1.29, 1.82) is 0 Å². The monoisotopic (exact) mass is 450 g/mol. The van der Waals surface area contributed by atoms with Crippen molar-refractivity contribution in [1.82, 2.24) is 14.9 Å². The van der Waals surface area contributed by atoms with Crippen LogP contribution in [0.25, 0.3) is 10.9 Å². The molecule has 3 N–H and O–H groups in total. The van der Waals surface area contributed by atoms with Gasteiger partial charge in [-0.05, 0) is 42.5 Å². The molecule has 6 nitrogen and oxygen atoms in total. The maximum atomic E-state index is 13.0. The van der Waals surface area contributed by atoms with Gasteiger partial charge in [0.1, 0.15) is 5.82 Å². The van der Waals surface area contributed by atoms with E-state index in [1.165, 1.54) is 17.0 Å². The topological polar surface area (TPSA) is 65.5 Å². The molecule has 0 saturated carbocycles. The highest BCUT2D eigenvalue weighted by atomic mass is 32.1. The maximum Gasteiger partial charge on any atom is 0.416 e. The van der Waals surface area contributed by atoms with Gasteiger partial charge in [-0.1, -0.05) is 18.2 Å². The molecule has 3 aromatic rings. The maximum absolute atomic E-state index is 13.0. The van der Waals surface area contributed by atoms with Crippen molar-refractivity contribution in [3.05, 3.63) is 70.3 Å². The van der Waals surface area contributed by atoms with Crippen LogP contribution in [0.2, 0.25) is 0 Å². The van der Waals surface area contributed by atoms with E-state index in [2.05, 4.69) is 15.3 Å². The number of nitrogens with one attached hydrogen (secondary N) is 3. The summed E-state index contributed by atoms with van der Waals surface area (Å²) in [5.74, 6) is 0.422. The first-order valence-corrected chi connectivity index (χ1v) is 10.0. The lowest BCUT2D eigenvalue weighted by molar-refractivity contribution is -0.857. The molecule has 0 aliphatic heterocycles. The van der Waals surface area contributed by atoms with Crippen molar-refractivity contribution in [3.8, 4) is 0 Å². The quantitative estimate of drug-likeness (QED) is 0.503. The fourth-order valence-electron chi connectivity index (χ4n) is 2.98. The number of hydrogen-bond acceptors (Lipinski definition) is 3. The van der Waals surface area contributed by atoms with Gasteiger partial charge in [0, 0.05) is 5.69 Å². The summed E-state index contributed by atoms with van der Waals surface area (Å²) in [6.45, 7) is 1.45. The van der Waals surface area contributed by atoms with Gasteiger partial charge in [0.25, 0.3) is 5.56 Å². The van der Waals surface area contributed by atoms with Crippen LogP contribution in [-0.2, 0) is 12.7 Å². The van der Waals surface area contributed by atoms with E-state index >= 15 is 0 Å². The summed E-state index contributed by atoms with van der Waals surface area (Å²) >= 11 is 5.48. The third kappa shape index (κ3) is 6.02. The Labute approximate surface area is 182 Å². The molecule has 10 heteroatoms. The highest BCUT2D eigenvalue weighted by Crippen LogP contribution is 2.30. The van der Waals surface area contributed by atoms with Crippen molar-refractivity contribution >= 4 is 33.9 Å². The van der Waals surface area contributed by atoms with Gasteiger partial charge in [-0.15, -0.1) is 0 Å². The molecule has 0 atom stereocenters. The van der Waals surface area contributed by atoms with Crippen LogP contribution in [0, 0.1) is 0 Å². The van der Waals surface area contributed by atoms with Crippen LogP contribution in [0.1, 0.15) is 11.4 Å². The summed E-state index contributed by atoms with van der Waals surface area (Å²) in [6.07, 6.45) is -4.44. The van der Waals surface area contributed by atoms with Gasteiger partial charge in [-0.2, -0.15) is 13.2 Å². The Hall–Kier alpha value is -2.98. The molecule has 0 fully saturated rings. The van der Waals surface area contributed by atoms with Gasteiger partial charge in [0.05, 0.1) is 50.2 Å². The minimum Gasteiger partial charge on any atom is -0.338 e. The number of fused-ring (bicyclic) bond motifs is 1. The second-order valence-electron chi connectivity index (χ2n) is 7.42. The first-order valence-electron chi connectivity index (χ1n) is 9.63. The van der Waals surface area contributed by atoms with Crippen LogP contribution < -0.4 is 15.8 Å². The smallest absolute Gasteiger partial charge is 0.338 e. The van der Waals surface area contributed by atoms with E-state index in [-0.39, 0.29) is 22.9 Å². The van der Waals surface area contributed by atoms with Crippen molar-refractivity contribution in [2.45, 2.75) is 12.7 Å². The summed E-state index contributed by atoms with van der Waals surface area (Å²) in [6, 6.07) is 11.9. The molecule has 164 valence electrons. The van der Waals surface area contributed by atoms with Crippen LogP contribution >= 0.6 is 12.2 Å². The minimum absolute atomic E-state index is 0.206. The Balaban J connectivity index is 1.84. The zero-order valence-electron chi connectivity index (χ0n) is 17.1. The number of thiocarbonyl (C=S) groups is 1. The number of rotatable bonds is 6. The first-order chi connectivity index (χ1) is 14.6. The number of H-pyrrole nitrogens is 1. The SMILES string of the molecule is C[NH+](C)CCN(Cc1nc2ccccc2c(=O)[nH]1)C(=S)Nc1cccc(C(F)(F)F)c1. The summed E-state index contributed by atoms with van der Waals surface area (Å²) < 4.78 is 39.0. The number of quaternary nitrogens is 1. The predicted molar refractivity (Wildman–Crippen MR) is 118 cm³/mol. The van der Waals surface area contributed by atoms with Gasteiger partial charge in [0.15, 0.2) is 5.11 Å². The number of hydrogen-bond donors (Lipinski definition) is 3. The van der Waals surface area contributed by atoms with Crippen LogP contribution in [-0.4, -0.2) is 47.2 Å². The highest BCUT2D eigenvalue weighted by molar-refractivity contribution is 7.80. The molecular weight excluding hydrogens is 427 g/mol. The van der Waals surface area contributed by atoms with Crippen molar-refractivity contribution in [2.75, 3.05) is 32.5 Å². The zero-order chi connectivity index (χ0) is 22.6. The summed E-state index contributed by atoms with van der Waals surface area (Å²) in [4.78, 5) is 22.6. The van der Waals surface area contributed by atoms with Gasteiger partial charge < -0.3 is 20.1 Å². The Morgan fingerprint density at radius 3 is 2.65 bits per heavy atom. The molecule has 1 aromatic heterocycles. The molecule has 0 amide bonds.